The molecule has 0 aliphatic carbocycles. The summed E-state index contributed by atoms with van der Waals surface area (Å²) in [5.41, 5.74) is 0.389. The number of hydrogen-bond donors (Lipinski definition) is 1. The van der Waals surface area contributed by atoms with E-state index < -0.39 is 11.5 Å². The van der Waals surface area contributed by atoms with Crippen molar-refractivity contribution in [2.24, 2.45) is 5.92 Å². The zero-order valence-electron chi connectivity index (χ0n) is 13.1. The molecule has 0 fully saturated rings. The summed E-state index contributed by atoms with van der Waals surface area (Å²) in [4.78, 5) is 24.5. The van der Waals surface area contributed by atoms with Crippen LogP contribution >= 0.6 is 0 Å². The predicted octanol–water partition coefficient (Wildman–Crippen LogP) is 2.77. The molecular formula is C17H21NO4. The van der Waals surface area contributed by atoms with E-state index >= 15 is 0 Å². The minimum absolute atomic E-state index is 0.149. The Balaban J connectivity index is 2.70. The van der Waals surface area contributed by atoms with Crippen LogP contribution < -0.4 is 5.56 Å². The zero-order chi connectivity index (χ0) is 16.3. The van der Waals surface area contributed by atoms with Gasteiger partial charge in [-0.3, -0.25) is 9.20 Å². The fourth-order valence-electron chi connectivity index (χ4n) is 2.43. The molecule has 118 valence electrons. The van der Waals surface area contributed by atoms with E-state index in [1.54, 1.807) is 31.3 Å². The number of hydrogen-bond acceptors (Lipinski definition) is 4. The summed E-state index contributed by atoms with van der Waals surface area (Å²) < 4.78 is 6.30. The Morgan fingerprint density at radius 3 is 2.73 bits per heavy atom. The van der Waals surface area contributed by atoms with Gasteiger partial charge in [0.15, 0.2) is 5.56 Å². The fraction of sp³-hybridized carbons (Fsp3) is 0.412. The molecule has 5 nitrogen and oxygen atoms in total. The van der Waals surface area contributed by atoms with Crippen LogP contribution in [0.3, 0.4) is 0 Å². The highest BCUT2D eigenvalue weighted by Gasteiger charge is 2.23. The highest BCUT2D eigenvalue weighted by molar-refractivity contribution is 5.93. The van der Waals surface area contributed by atoms with Crippen LogP contribution in [-0.2, 0) is 11.2 Å². The number of esters is 1. The first kappa shape index (κ1) is 16.1. The number of aryl methyl sites for hydroxylation is 1. The van der Waals surface area contributed by atoms with Gasteiger partial charge in [0.05, 0.1) is 12.1 Å². The van der Waals surface area contributed by atoms with Crippen LogP contribution in [-0.4, -0.2) is 22.1 Å². The van der Waals surface area contributed by atoms with Crippen molar-refractivity contribution in [1.29, 1.82) is 0 Å². The highest BCUT2D eigenvalue weighted by atomic mass is 16.5. The van der Waals surface area contributed by atoms with Gasteiger partial charge in [-0.25, -0.2) is 4.79 Å². The quantitative estimate of drug-likeness (QED) is 0.862. The molecule has 2 heterocycles. The molecule has 1 N–H and O–H groups in total. The van der Waals surface area contributed by atoms with E-state index in [-0.39, 0.29) is 17.9 Å². The maximum Gasteiger partial charge on any atom is 0.347 e. The van der Waals surface area contributed by atoms with Gasteiger partial charge in [0.25, 0.3) is 5.56 Å². The minimum Gasteiger partial charge on any atom is -0.506 e. The molecule has 0 spiro atoms. The maximum atomic E-state index is 12.5. The number of nitrogens with zero attached hydrogens (tertiary/aromatic N) is 1. The maximum absolute atomic E-state index is 12.5. The highest BCUT2D eigenvalue weighted by Crippen LogP contribution is 2.27. The minimum atomic E-state index is -0.783. The summed E-state index contributed by atoms with van der Waals surface area (Å²) in [5, 5.41) is 10.5. The Kier molecular flexibility index (Phi) is 4.85. The molecule has 2 rings (SSSR count). The van der Waals surface area contributed by atoms with Gasteiger partial charge in [0, 0.05) is 11.8 Å². The number of rotatable bonds is 5. The average molecular weight is 303 g/mol. The number of carbonyl (C=O) groups is 1. The number of pyridine rings is 2. The molecule has 0 aromatic carbocycles. The lowest BCUT2D eigenvalue weighted by Gasteiger charge is -2.14. The van der Waals surface area contributed by atoms with Crippen molar-refractivity contribution in [3.8, 4) is 5.75 Å². The van der Waals surface area contributed by atoms with Crippen LogP contribution in [0.5, 0.6) is 5.75 Å². The third-order valence-corrected chi connectivity index (χ3v) is 3.58. The summed E-state index contributed by atoms with van der Waals surface area (Å²) in [6.07, 6.45) is 3.03. The molecule has 0 aliphatic heterocycles. The predicted molar refractivity (Wildman–Crippen MR) is 84.4 cm³/mol. The molecule has 0 amide bonds. The average Bonchev–Trinajstić information content (AvgIpc) is 2.47. The number of fused-ring (bicyclic) bond motifs is 1. The fourth-order valence-corrected chi connectivity index (χ4v) is 2.43. The van der Waals surface area contributed by atoms with E-state index in [0.717, 1.165) is 6.42 Å². The van der Waals surface area contributed by atoms with Crippen molar-refractivity contribution in [2.45, 2.75) is 33.6 Å². The molecule has 22 heavy (non-hydrogen) atoms. The smallest absolute Gasteiger partial charge is 0.347 e. The van der Waals surface area contributed by atoms with Crippen molar-refractivity contribution < 1.29 is 14.6 Å². The van der Waals surface area contributed by atoms with Crippen molar-refractivity contribution in [3.63, 3.8) is 0 Å². The van der Waals surface area contributed by atoms with Crippen molar-refractivity contribution in [1.82, 2.24) is 4.40 Å². The molecular weight excluding hydrogens is 282 g/mol. The summed E-state index contributed by atoms with van der Waals surface area (Å²) in [6, 6.07) is 5.29. The first-order chi connectivity index (χ1) is 10.5. The number of aromatic nitrogens is 1. The van der Waals surface area contributed by atoms with Crippen LogP contribution in [0.15, 0.2) is 29.2 Å². The normalized spacial score (nSPS) is 11.1. The second-order valence-corrected chi connectivity index (χ2v) is 5.62. The van der Waals surface area contributed by atoms with E-state index in [1.165, 1.54) is 4.40 Å². The van der Waals surface area contributed by atoms with Crippen LogP contribution in [0, 0.1) is 5.92 Å². The van der Waals surface area contributed by atoms with E-state index in [4.69, 9.17) is 4.74 Å². The molecule has 2 aromatic rings. The van der Waals surface area contributed by atoms with Gasteiger partial charge in [-0.2, -0.15) is 0 Å². The van der Waals surface area contributed by atoms with E-state index in [9.17, 15) is 14.7 Å². The Bertz CT molecular complexity index is 746. The van der Waals surface area contributed by atoms with E-state index in [1.807, 2.05) is 0 Å². The lowest BCUT2D eigenvalue weighted by molar-refractivity contribution is 0.0520. The molecule has 0 saturated heterocycles. The Morgan fingerprint density at radius 2 is 2.09 bits per heavy atom. The van der Waals surface area contributed by atoms with E-state index in [0.29, 0.717) is 23.4 Å². The molecule has 0 unspecified atom stereocenters. The second kappa shape index (κ2) is 6.64. The van der Waals surface area contributed by atoms with Crippen molar-refractivity contribution in [2.75, 3.05) is 6.61 Å². The van der Waals surface area contributed by atoms with Crippen molar-refractivity contribution >= 4 is 11.5 Å². The molecule has 0 saturated carbocycles. The molecule has 2 aromatic heterocycles. The third kappa shape index (κ3) is 2.98. The number of ether oxygens (including phenoxy) is 1. The SMILES string of the molecule is CCOC(=O)c1c(O)c(CCC(C)C)c2ccccn2c1=O. The van der Waals surface area contributed by atoms with Gasteiger partial charge >= 0.3 is 5.97 Å². The standard InChI is InChI=1S/C17H21NO4/c1-4-22-17(21)14-15(19)12(9-8-11(2)3)13-7-5-6-10-18(13)16(14)20/h5-7,10-11,19H,4,8-9H2,1-3H3. The third-order valence-electron chi connectivity index (χ3n) is 3.58. The first-order valence-corrected chi connectivity index (χ1v) is 7.49. The first-order valence-electron chi connectivity index (χ1n) is 7.49. The summed E-state index contributed by atoms with van der Waals surface area (Å²) >= 11 is 0. The molecule has 0 bridgehead atoms. The zero-order valence-corrected chi connectivity index (χ0v) is 13.1. The molecule has 0 aliphatic rings. The van der Waals surface area contributed by atoms with Gasteiger partial charge in [-0.1, -0.05) is 19.9 Å². The van der Waals surface area contributed by atoms with Gasteiger partial charge < -0.3 is 9.84 Å². The Morgan fingerprint density at radius 1 is 1.36 bits per heavy atom. The summed E-state index contributed by atoms with van der Waals surface area (Å²) in [5.74, 6) is -0.592. The van der Waals surface area contributed by atoms with Crippen LogP contribution in [0.4, 0.5) is 0 Å². The molecule has 0 atom stereocenters. The van der Waals surface area contributed by atoms with Gasteiger partial charge in [-0.15, -0.1) is 0 Å². The lowest BCUT2D eigenvalue weighted by atomic mass is 9.99. The lowest BCUT2D eigenvalue weighted by Crippen LogP contribution is -2.25. The monoisotopic (exact) mass is 303 g/mol. The largest absolute Gasteiger partial charge is 0.506 e. The Hall–Kier alpha value is -2.30. The van der Waals surface area contributed by atoms with Gasteiger partial charge in [0.1, 0.15) is 5.75 Å². The van der Waals surface area contributed by atoms with Crippen LogP contribution in [0.25, 0.3) is 5.52 Å². The molecule has 0 radical (unpaired) electrons. The topological polar surface area (TPSA) is 68.0 Å². The summed E-state index contributed by atoms with van der Waals surface area (Å²) in [7, 11) is 0. The molecule has 5 heteroatoms. The van der Waals surface area contributed by atoms with Gasteiger partial charge in [0.2, 0.25) is 0 Å². The van der Waals surface area contributed by atoms with Crippen LogP contribution in [0.2, 0.25) is 0 Å². The number of aromatic hydroxyl groups is 1. The summed E-state index contributed by atoms with van der Waals surface area (Å²) in [6.45, 7) is 5.98. The van der Waals surface area contributed by atoms with Crippen LogP contribution in [0.1, 0.15) is 43.1 Å². The van der Waals surface area contributed by atoms with E-state index in [2.05, 4.69) is 13.8 Å². The van der Waals surface area contributed by atoms with Crippen molar-refractivity contribution in [3.05, 3.63) is 45.9 Å². The number of carbonyl (C=O) groups excluding carboxylic acids is 1. The second-order valence-electron chi connectivity index (χ2n) is 5.62. The van der Waals surface area contributed by atoms with Gasteiger partial charge in [-0.05, 0) is 37.8 Å². The Labute approximate surface area is 129 Å².